The first-order valence-corrected chi connectivity index (χ1v) is 7.66. The summed E-state index contributed by atoms with van der Waals surface area (Å²) in [5.74, 6) is 1.09. The Labute approximate surface area is 138 Å². The zero-order valence-corrected chi connectivity index (χ0v) is 14.7. The largest absolute Gasteiger partial charge is 0.497 e. The fourth-order valence-electron chi connectivity index (χ4n) is 1.79. The molecule has 0 radical (unpaired) electrons. The van der Waals surface area contributed by atoms with E-state index in [9.17, 15) is 4.21 Å². The van der Waals surface area contributed by atoms with Gasteiger partial charge < -0.3 is 15.8 Å². The molecular weight excluding hydrogens is 389 g/mol. The molecule has 0 heterocycles. The first kappa shape index (κ1) is 17.2. The maximum Gasteiger partial charge on any atom is 0.193 e. The zero-order chi connectivity index (χ0) is 13.9. The summed E-state index contributed by atoms with van der Waals surface area (Å²) in [6.07, 6.45) is 3.66. The number of nitrogens with zero attached hydrogens (tertiary/aromatic N) is 1. The second-order valence-corrected chi connectivity index (χ2v) is 6.47. The molecule has 112 valence electrons. The molecule has 0 saturated heterocycles. The third kappa shape index (κ3) is 4.34. The van der Waals surface area contributed by atoms with Gasteiger partial charge in [-0.1, -0.05) is 6.07 Å². The monoisotopic (exact) mass is 409 g/mol. The summed E-state index contributed by atoms with van der Waals surface area (Å²) in [6.45, 7) is 0.513. The number of aliphatic imine (C=N–C) groups is 1. The number of nitrogens with two attached hydrogens (primary N) is 1. The van der Waals surface area contributed by atoms with E-state index in [0.29, 0.717) is 12.5 Å². The number of rotatable bonds is 5. The molecule has 0 amide bonds. The molecule has 7 heteroatoms. The van der Waals surface area contributed by atoms with Crippen LogP contribution >= 0.6 is 24.0 Å². The van der Waals surface area contributed by atoms with E-state index in [1.165, 1.54) is 0 Å². The Hall–Kier alpha value is -0.830. The average molecular weight is 409 g/mol. The van der Waals surface area contributed by atoms with Crippen molar-refractivity contribution in [3.63, 3.8) is 0 Å². The third-order valence-corrected chi connectivity index (χ3v) is 5.05. The lowest BCUT2D eigenvalue weighted by Crippen LogP contribution is -2.27. The standard InChI is InChI=1S/C13H19N3O2S.HI/c1-18-11-5-3-4-10(8-11)16-12(14)15-9-13(6-7-13)19(2)17;/h3-5,8H,6-7,9H2,1-2H3,(H3,14,15,16);1H. The van der Waals surface area contributed by atoms with Crippen molar-refractivity contribution >= 4 is 46.4 Å². The molecule has 5 nitrogen and oxygen atoms in total. The summed E-state index contributed by atoms with van der Waals surface area (Å²) in [4.78, 5) is 4.28. The van der Waals surface area contributed by atoms with Gasteiger partial charge in [-0.2, -0.15) is 0 Å². The first-order chi connectivity index (χ1) is 9.05. The fourth-order valence-corrected chi connectivity index (χ4v) is 2.72. The van der Waals surface area contributed by atoms with Crippen LogP contribution in [0.1, 0.15) is 12.8 Å². The maximum atomic E-state index is 11.5. The number of halogens is 1. The van der Waals surface area contributed by atoms with Gasteiger partial charge in [-0.25, -0.2) is 0 Å². The van der Waals surface area contributed by atoms with Crippen LogP contribution in [-0.2, 0) is 10.8 Å². The highest BCUT2D eigenvalue weighted by atomic mass is 127. The van der Waals surface area contributed by atoms with Gasteiger partial charge in [0.1, 0.15) is 5.75 Å². The minimum absolute atomic E-state index is 0. The molecule has 1 aromatic carbocycles. The predicted molar refractivity (Wildman–Crippen MR) is 94.6 cm³/mol. The number of guanidine groups is 1. The molecule has 3 N–H and O–H groups in total. The first-order valence-electron chi connectivity index (χ1n) is 6.10. The quantitative estimate of drug-likeness (QED) is 0.443. The molecule has 0 aliphatic heterocycles. The van der Waals surface area contributed by atoms with Crippen molar-refractivity contribution in [3.8, 4) is 5.75 Å². The molecule has 0 spiro atoms. The number of nitrogens with one attached hydrogen (secondary N) is 1. The van der Waals surface area contributed by atoms with E-state index in [2.05, 4.69) is 10.3 Å². The van der Waals surface area contributed by atoms with Gasteiger partial charge in [0.2, 0.25) is 0 Å². The van der Waals surface area contributed by atoms with Crippen LogP contribution in [0.5, 0.6) is 5.75 Å². The van der Waals surface area contributed by atoms with Gasteiger partial charge in [0, 0.05) is 28.8 Å². The lowest BCUT2D eigenvalue weighted by Gasteiger charge is -2.10. The van der Waals surface area contributed by atoms with Gasteiger partial charge >= 0.3 is 0 Å². The smallest absolute Gasteiger partial charge is 0.193 e. The second kappa shape index (κ2) is 7.26. The van der Waals surface area contributed by atoms with E-state index in [1.54, 1.807) is 13.4 Å². The van der Waals surface area contributed by atoms with Crippen LogP contribution in [0.4, 0.5) is 5.69 Å². The highest BCUT2D eigenvalue weighted by Crippen LogP contribution is 2.41. The molecule has 1 aliphatic carbocycles. The summed E-state index contributed by atoms with van der Waals surface area (Å²) < 4.78 is 16.5. The molecule has 1 unspecified atom stereocenters. The highest BCUT2D eigenvalue weighted by Gasteiger charge is 2.46. The normalized spacial score (nSPS) is 17.8. The molecule has 0 aromatic heterocycles. The Morgan fingerprint density at radius 2 is 2.25 bits per heavy atom. The fraction of sp³-hybridized carbons (Fsp3) is 0.462. The van der Waals surface area contributed by atoms with E-state index >= 15 is 0 Å². The van der Waals surface area contributed by atoms with Crippen LogP contribution < -0.4 is 15.8 Å². The Morgan fingerprint density at radius 1 is 1.55 bits per heavy atom. The highest BCUT2D eigenvalue weighted by molar-refractivity contribution is 14.0. The van der Waals surface area contributed by atoms with Gasteiger partial charge in [-0.15, -0.1) is 24.0 Å². The molecule has 1 aromatic rings. The summed E-state index contributed by atoms with van der Waals surface area (Å²) in [5.41, 5.74) is 6.65. The van der Waals surface area contributed by atoms with E-state index < -0.39 is 10.8 Å². The number of ether oxygens (including phenoxy) is 1. The van der Waals surface area contributed by atoms with Gasteiger partial charge in [0.05, 0.1) is 18.4 Å². The summed E-state index contributed by atoms with van der Waals surface area (Å²) in [5, 5.41) is 3.00. The SMILES string of the molecule is COc1cccc(NC(N)=NCC2(S(C)=O)CC2)c1.I. The van der Waals surface area contributed by atoms with Gasteiger partial charge in [0.15, 0.2) is 5.96 Å². The van der Waals surface area contributed by atoms with Crippen molar-refractivity contribution in [2.45, 2.75) is 17.6 Å². The van der Waals surface area contributed by atoms with Crippen LogP contribution in [0.2, 0.25) is 0 Å². The number of methoxy groups -OCH3 is 1. The lowest BCUT2D eigenvalue weighted by atomic mass is 10.3. The van der Waals surface area contributed by atoms with Crippen LogP contribution in [0.15, 0.2) is 29.3 Å². The number of benzene rings is 1. The van der Waals surface area contributed by atoms with E-state index in [-0.39, 0.29) is 28.7 Å². The van der Waals surface area contributed by atoms with Crippen molar-refractivity contribution < 1.29 is 8.95 Å². The molecule has 1 atom stereocenters. The van der Waals surface area contributed by atoms with E-state index in [4.69, 9.17) is 10.5 Å². The average Bonchev–Trinajstić information content (AvgIpc) is 3.18. The van der Waals surface area contributed by atoms with Crippen LogP contribution in [-0.4, -0.2) is 34.8 Å². The molecule has 2 rings (SSSR count). The van der Waals surface area contributed by atoms with Crippen molar-refractivity contribution in [3.05, 3.63) is 24.3 Å². The van der Waals surface area contributed by atoms with Gasteiger partial charge in [-0.05, 0) is 25.0 Å². The maximum absolute atomic E-state index is 11.5. The van der Waals surface area contributed by atoms with Crippen molar-refractivity contribution in [1.82, 2.24) is 0 Å². The minimum atomic E-state index is -0.843. The van der Waals surface area contributed by atoms with Gasteiger partial charge in [0.25, 0.3) is 0 Å². The summed E-state index contributed by atoms with van der Waals surface area (Å²) >= 11 is 0. The van der Waals surface area contributed by atoms with Crippen LogP contribution in [0.25, 0.3) is 0 Å². The summed E-state index contributed by atoms with van der Waals surface area (Å²) in [6, 6.07) is 7.46. The lowest BCUT2D eigenvalue weighted by molar-refractivity contribution is 0.415. The van der Waals surface area contributed by atoms with Crippen molar-refractivity contribution in [1.29, 1.82) is 0 Å². The zero-order valence-electron chi connectivity index (χ0n) is 11.6. The Morgan fingerprint density at radius 3 is 2.80 bits per heavy atom. The second-order valence-electron chi connectivity index (χ2n) is 4.70. The van der Waals surface area contributed by atoms with Crippen molar-refractivity contribution in [2.24, 2.45) is 10.7 Å². The molecule has 1 aliphatic rings. The predicted octanol–water partition coefficient (Wildman–Crippen LogP) is 1.95. The van der Waals surface area contributed by atoms with Gasteiger partial charge in [-0.3, -0.25) is 9.20 Å². The van der Waals surface area contributed by atoms with E-state index in [1.807, 2.05) is 24.3 Å². The Balaban J connectivity index is 0.00000200. The minimum Gasteiger partial charge on any atom is -0.497 e. The third-order valence-electron chi connectivity index (χ3n) is 3.30. The topological polar surface area (TPSA) is 76.7 Å². The number of hydrogen-bond donors (Lipinski definition) is 2. The molecule has 20 heavy (non-hydrogen) atoms. The van der Waals surface area contributed by atoms with Crippen LogP contribution in [0.3, 0.4) is 0 Å². The molecular formula is C13H20IN3O2S. The molecule has 1 fully saturated rings. The number of anilines is 1. The Kier molecular flexibility index (Phi) is 6.25. The van der Waals surface area contributed by atoms with Crippen molar-refractivity contribution in [2.75, 3.05) is 25.2 Å². The molecule has 1 saturated carbocycles. The van der Waals surface area contributed by atoms with Crippen LogP contribution in [0, 0.1) is 0 Å². The Bertz CT molecular complexity index is 518. The number of hydrogen-bond acceptors (Lipinski definition) is 3. The summed E-state index contributed by atoms with van der Waals surface area (Å²) in [7, 11) is 0.772. The van der Waals surface area contributed by atoms with E-state index in [0.717, 1.165) is 24.3 Å². The molecule has 0 bridgehead atoms.